The Morgan fingerprint density at radius 1 is 1.28 bits per heavy atom. The first-order chi connectivity index (χ1) is 8.81. The van der Waals surface area contributed by atoms with Crippen LogP contribution in [0.5, 0.6) is 0 Å². The van der Waals surface area contributed by atoms with E-state index in [0.717, 1.165) is 19.5 Å². The number of hydrogen-bond acceptors (Lipinski definition) is 5. The van der Waals surface area contributed by atoms with E-state index in [1.807, 2.05) is 7.05 Å². The second kappa shape index (κ2) is 7.19. The van der Waals surface area contributed by atoms with E-state index in [1.165, 1.54) is 43.4 Å². The number of nitrogens with one attached hydrogen (secondary N) is 1. The van der Waals surface area contributed by atoms with Crippen LogP contribution in [0.3, 0.4) is 0 Å². The maximum absolute atomic E-state index is 4.63. The third-order valence-electron chi connectivity index (χ3n) is 3.51. The summed E-state index contributed by atoms with van der Waals surface area (Å²) in [6, 6.07) is 0. The minimum absolute atomic E-state index is 0.881. The Hall–Kier alpha value is -0.490. The van der Waals surface area contributed by atoms with Crippen molar-refractivity contribution in [2.75, 3.05) is 46.3 Å². The molecule has 0 unspecified atom stereocenters. The lowest BCUT2D eigenvalue weighted by molar-refractivity contribution is 0.138. The zero-order chi connectivity index (χ0) is 12.8. The molecule has 1 N–H and O–H groups in total. The van der Waals surface area contributed by atoms with E-state index in [0.29, 0.717) is 0 Å². The number of thiazole rings is 1. The van der Waals surface area contributed by atoms with Crippen molar-refractivity contribution < 1.29 is 0 Å². The molecule has 1 saturated heterocycles. The van der Waals surface area contributed by atoms with Gasteiger partial charge in [-0.05, 0) is 13.6 Å². The van der Waals surface area contributed by atoms with Crippen molar-refractivity contribution in [1.82, 2.24) is 20.1 Å². The van der Waals surface area contributed by atoms with Crippen LogP contribution in [0.1, 0.15) is 17.6 Å². The molecule has 1 aromatic rings. The average molecular weight is 268 g/mol. The van der Waals surface area contributed by atoms with Crippen molar-refractivity contribution in [2.24, 2.45) is 0 Å². The van der Waals surface area contributed by atoms with Gasteiger partial charge in [0, 0.05) is 51.1 Å². The predicted octanol–water partition coefficient (Wildman–Crippen LogP) is 1.04. The Bertz CT molecular complexity index is 345. The Morgan fingerprint density at radius 3 is 2.67 bits per heavy atom. The van der Waals surface area contributed by atoms with Crippen LogP contribution in [0.4, 0.5) is 0 Å². The zero-order valence-corrected chi connectivity index (χ0v) is 12.3. The first kappa shape index (κ1) is 13.9. The molecule has 2 rings (SSSR count). The van der Waals surface area contributed by atoms with Crippen LogP contribution >= 0.6 is 11.3 Å². The van der Waals surface area contributed by atoms with Crippen molar-refractivity contribution in [1.29, 1.82) is 0 Å². The molecule has 1 fully saturated rings. The smallest absolute Gasteiger partial charge is 0.0941 e. The van der Waals surface area contributed by atoms with Crippen LogP contribution in [0, 0.1) is 0 Å². The molecule has 0 bridgehead atoms. The Kier molecular flexibility index (Phi) is 5.56. The maximum Gasteiger partial charge on any atom is 0.0941 e. The fraction of sp³-hybridized carbons (Fsp3) is 0.769. The summed E-state index contributed by atoms with van der Waals surface area (Å²) in [5.74, 6) is 0. The largest absolute Gasteiger partial charge is 0.314 e. The molecule has 1 aliphatic heterocycles. The van der Waals surface area contributed by atoms with Crippen molar-refractivity contribution in [3.05, 3.63) is 16.1 Å². The number of hydrogen-bond donors (Lipinski definition) is 1. The van der Waals surface area contributed by atoms with Gasteiger partial charge < -0.3 is 15.1 Å². The summed E-state index contributed by atoms with van der Waals surface area (Å²) < 4.78 is 0. The summed E-state index contributed by atoms with van der Waals surface area (Å²) in [5, 5.41) is 6.59. The lowest BCUT2D eigenvalue weighted by Crippen LogP contribution is -2.46. The van der Waals surface area contributed by atoms with Gasteiger partial charge in [0.15, 0.2) is 0 Å². The van der Waals surface area contributed by atoms with Gasteiger partial charge in [-0.3, -0.25) is 0 Å². The van der Waals surface area contributed by atoms with E-state index in [9.17, 15) is 0 Å². The van der Waals surface area contributed by atoms with Crippen LogP contribution < -0.4 is 5.32 Å². The quantitative estimate of drug-likeness (QED) is 0.835. The highest BCUT2D eigenvalue weighted by Gasteiger charge is 2.15. The molecule has 0 aliphatic carbocycles. The maximum atomic E-state index is 4.63. The third kappa shape index (κ3) is 4.02. The Morgan fingerprint density at radius 2 is 2.00 bits per heavy atom. The molecule has 1 aromatic heterocycles. The summed E-state index contributed by atoms with van der Waals surface area (Å²) in [4.78, 5) is 9.71. The minimum atomic E-state index is 0.881. The van der Waals surface area contributed by atoms with Gasteiger partial charge in [0.25, 0.3) is 0 Å². The topological polar surface area (TPSA) is 31.4 Å². The van der Waals surface area contributed by atoms with Crippen LogP contribution in [0.15, 0.2) is 5.38 Å². The van der Waals surface area contributed by atoms with Crippen molar-refractivity contribution >= 4 is 11.3 Å². The van der Waals surface area contributed by atoms with Crippen molar-refractivity contribution in [3.63, 3.8) is 0 Å². The third-order valence-corrected chi connectivity index (χ3v) is 4.47. The van der Waals surface area contributed by atoms with Crippen LogP contribution in [-0.4, -0.2) is 61.1 Å². The fourth-order valence-electron chi connectivity index (χ4n) is 2.31. The number of nitrogens with zero attached hydrogens (tertiary/aromatic N) is 3. The van der Waals surface area contributed by atoms with Gasteiger partial charge in [-0.1, -0.05) is 6.92 Å². The fourth-order valence-corrected chi connectivity index (χ4v) is 3.10. The van der Waals surface area contributed by atoms with E-state index < -0.39 is 0 Å². The molecule has 0 amide bonds. The van der Waals surface area contributed by atoms with E-state index in [4.69, 9.17) is 0 Å². The normalized spacial score (nSPS) is 18.3. The van der Waals surface area contributed by atoms with E-state index >= 15 is 0 Å². The van der Waals surface area contributed by atoms with Gasteiger partial charge in [-0.25, -0.2) is 4.98 Å². The zero-order valence-electron chi connectivity index (χ0n) is 11.5. The van der Waals surface area contributed by atoms with Gasteiger partial charge in [-0.15, -0.1) is 11.3 Å². The highest BCUT2D eigenvalue weighted by molar-refractivity contribution is 7.09. The minimum Gasteiger partial charge on any atom is -0.314 e. The average Bonchev–Trinajstić information content (AvgIpc) is 2.85. The van der Waals surface area contributed by atoms with Gasteiger partial charge in [-0.2, -0.15) is 0 Å². The number of piperazine rings is 1. The summed E-state index contributed by atoms with van der Waals surface area (Å²) in [6.45, 7) is 10.3. The highest BCUT2D eigenvalue weighted by atomic mass is 32.1. The summed E-state index contributed by atoms with van der Waals surface area (Å²) in [5.41, 5.74) is 1.17. The molecular weight excluding hydrogens is 244 g/mol. The predicted molar refractivity (Wildman–Crippen MR) is 77.1 cm³/mol. The van der Waals surface area contributed by atoms with Crippen molar-refractivity contribution in [2.45, 2.75) is 19.9 Å². The molecule has 18 heavy (non-hydrogen) atoms. The van der Waals surface area contributed by atoms with Gasteiger partial charge in [0.1, 0.15) is 0 Å². The van der Waals surface area contributed by atoms with Crippen LogP contribution in [0.25, 0.3) is 0 Å². The lowest BCUT2D eigenvalue weighted by atomic mass is 10.3. The first-order valence-electron chi connectivity index (χ1n) is 6.84. The number of rotatable bonds is 6. The van der Waals surface area contributed by atoms with E-state index in [2.05, 4.69) is 32.4 Å². The van der Waals surface area contributed by atoms with Gasteiger partial charge in [0.2, 0.25) is 0 Å². The number of aromatic nitrogens is 1. The van der Waals surface area contributed by atoms with E-state index in [-0.39, 0.29) is 0 Å². The second-order valence-electron chi connectivity index (χ2n) is 4.79. The molecule has 0 spiro atoms. The Balaban J connectivity index is 1.71. The molecule has 1 aliphatic rings. The first-order valence-corrected chi connectivity index (χ1v) is 7.72. The Labute approximate surface area is 114 Å². The highest BCUT2D eigenvalue weighted by Crippen LogP contribution is 2.11. The van der Waals surface area contributed by atoms with Gasteiger partial charge >= 0.3 is 0 Å². The van der Waals surface area contributed by atoms with Crippen LogP contribution in [0.2, 0.25) is 0 Å². The molecular formula is C13H24N4S. The molecule has 0 radical (unpaired) electrons. The molecule has 0 atom stereocenters. The molecule has 0 aromatic carbocycles. The lowest BCUT2D eigenvalue weighted by Gasteiger charge is -2.33. The monoisotopic (exact) mass is 268 g/mol. The summed E-state index contributed by atoms with van der Waals surface area (Å²) in [7, 11) is 1.96. The van der Waals surface area contributed by atoms with Crippen LogP contribution in [-0.2, 0) is 13.0 Å². The summed E-state index contributed by atoms with van der Waals surface area (Å²) >= 11 is 1.79. The standard InChI is InChI=1S/C13H24N4S/c1-3-16-6-8-17(9-7-16)5-4-13-15-12(10-14-2)11-18-13/h11,14H,3-10H2,1-2H3. The SMILES string of the molecule is CCN1CCN(CCc2nc(CNC)cs2)CC1. The van der Waals surface area contributed by atoms with E-state index in [1.54, 1.807) is 11.3 Å². The van der Waals surface area contributed by atoms with Crippen molar-refractivity contribution in [3.8, 4) is 0 Å². The molecule has 4 nitrogen and oxygen atoms in total. The molecule has 2 heterocycles. The second-order valence-corrected chi connectivity index (χ2v) is 5.73. The summed E-state index contributed by atoms with van der Waals surface area (Å²) in [6.07, 6.45) is 1.10. The van der Waals surface area contributed by atoms with Gasteiger partial charge in [0.05, 0.1) is 10.7 Å². The number of likely N-dealkylation sites (N-methyl/N-ethyl adjacent to an activating group) is 1. The molecule has 5 heteroatoms. The molecule has 102 valence electrons. The molecule has 0 saturated carbocycles.